The summed E-state index contributed by atoms with van der Waals surface area (Å²) in [5, 5.41) is 9.07. The fourth-order valence-corrected chi connectivity index (χ4v) is 1.73. The van der Waals surface area contributed by atoms with Crippen LogP contribution < -0.4 is 10.2 Å². The molecule has 0 unspecified atom stereocenters. The quantitative estimate of drug-likeness (QED) is 0.676. The molecule has 1 aromatic carbocycles. The van der Waals surface area contributed by atoms with Gasteiger partial charge in [0.25, 0.3) is 0 Å². The smallest absolute Gasteiger partial charge is 0.301 e. The number of hydrogen-bond donors (Lipinski definition) is 2. The minimum absolute atomic E-state index is 0.281. The highest BCUT2D eigenvalue weighted by atomic mass is 32.2. The first kappa shape index (κ1) is 13.0. The summed E-state index contributed by atoms with van der Waals surface area (Å²) < 4.78 is 26.5. The van der Waals surface area contributed by atoms with E-state index in [4.69, 9.17) is 13.0 Å². The van der Waals surface area contributed by atoms with Crippen molar-refractivity contribution in [1.29, 1.82) is 0 Å². The Morgan fingerprint density at radius 3 is 2.56 bits per heavy atom. The van der Waals surface area contributed by atoms with E-state index >= 15 is 0 Å². The highest BCUT2D eigenvalue weighted by Gasteiger charge is 2.14. The van der Waals surface area contributed by atoms with Crippen molar-refractivity contribution in [2.45, 2.75) is 6.61 Å². The molecule has 0 aliphatic carbocycles. The third-order valence-electron chi connectivity index (χ3n) is 2.02. The van der Waals surface area contributed by atoms with Crippen LogP contribution in [-0.4, -0.2) is 39.8 Å². The number of anilines is 1. The van der Waals surface area contributed by atoms with Crippen molar-refractivity contribution in [3.8, 4) is 0 Å². The molecule has 0 fully saturated rings. The van der Waals surface area contributed by atoms with E-state index in [9.17, 15) is 8.42 Å². The van der Waals surface area contributed by atoms with Crippen molar-refractivity contribution < 1.29 is 13.5 Å². The van der Waals surface area contributed by atoms with E-state index in [-0.39, 0.29) is 6.61 Å². The fraction of sp³-hybridized carbons (Fsp3) is 0.333. The third kappa shape index (κ3) is 2.97. The second kappa shape index (κ2) is 4.86. The van der Waals surface area contributed by atoms with Gasteiger partial charge >= 0.3 is 10.2 Å². The zero-order valence-electron chi connectivity index (χ0n) is 9.14. The number of aliphatic hydroxyl groups excluding tert-OH is 1. The molecule has 0 aliphatic rings. The lowest BCUT2D eigenvalue weighted by molar-refractivity contribution is 0.282. The molecule has 0 saturated heterocycles. The Morgan fingerprint density at radius 2 is 2.06 bits per heavy atom. The van der Waals surface area contributed by atoms with E-state index in [0.717, 1.165) is 4.31 Å². The highest BCUT2D eigenvalue weighted by Crippen LogP contribution is 2.15. The summed E-state index contributed by atoms with van der Waals surface area (Å²) in [4.78, 5) is 0. The minimum atomic E-state index is -3.57. The predicted octanol–water partition coefficient (Wildman–Crippen LogP) is -0.809. The van der Waals surface area contributed by atoms with Crippen molar-refractivity contribution in [2.24, 2.45) is 0 Å². The standard InChI is InChI=1S/C9H13BN2O3S/c1-12(2)16(14,15)11-9-4-3-8(10)5-7(9)6-13/h3-5,11,13H,6H2,1-2H3. The lowest BCUT2D eigenvalue weighted by Crippen LogP contribution is -2.29. The van der Waals surface area contributed by atoms with Gasteiger partial charge in [-0.1, -0.05) is 17.6 Å². The largest absolute Gasteiger partial charge is 0.392 e. The lowest BCUT2D eigenvalue weighted by atomic mass is 9.94. The molecule has 7 heteroatoms. The summed E-state index contributed by atoms with van der Waals surface area (Å²) in [6.45, 7) is -0.281. The normalized spacial score (nSPS) is 11.8. The van der Waals surface area contributed by atoms with Gasteiger partial charge in [-0.3, -0.25) is 4.72 Å². The van der Waals surface area contributed by atoms with Gasteiger partial charge in [-0.15, -0.1) is 0 Å². The number of hydrogen-bond acceptors (Lipinski definition) is 3. The molecule has 16 heavy (non-hydrogen) atoms. The molecule has 1 rings (SSSR count). The van der Waals surface area contributed by atoms with Crippen LogP contribution in [0, 0.1) is 0 Å². The molecule has 86 valence electrons. The van der Waals surface area contributed by atoms with Crippen molar-refractivity contribution in [2.75, 3.05) is 18.8 Å². The van der Waals surface area contributed by atoms with Crippen LogP contribution in [-0.2, 0) is 16.8 Å². The predicted molar refractivity (Wildman–Crippen MR) is 64.0 cm³/mol. The van der Waals surface area contributed by atoms with Crippen molar-refractivity contribution in [1.82, 2.24) is 4.31 Å². The number of rotatable bonds is 4. The molecule has 2 N–H and O–H groups in total. The van der Waals surface area contributed by atoms with Gasteiger partial charge in [-0.2, -0.15) is 12.7 Å². The number of nitrogens with one attached hydrogen (secondary N) is 1. The van der Waals surface area contributed by atoms with E-state index in [1.54, 1.807) is 6.07 Å². The van der Waals surface area contributed by atoms with Crippen molar-refractivity contribution in [3.63, 3.8) is 0 Å². The van der Waals surface area contributed by atoms with Crippen LogP contribution in [0.15, 0.2) is 18.2 Å². The molecule has 0 bridgehead atoms. The monoisotopic (exact) mass is 240 g/mol. The molecule has 0 aromatic heterocycles. The summed E-state index contributed by atoms with van der Waals surface area (Å²) in [7, 11) is 4.79. The fourth-order valence-electron chi connectivity index (χ4n) is 1.07. The maximum Gasteiger partial charge on any atom is 0.301 e. The Kier molecular flexibility index (Phi) is 3.95. The number of benzene rings is 1. The van der Waals surface area contributed by atoms with Gasteiger partial charge in [0, 0.05) is 19.7 Å². The van der Waals surface area contributed by atoms with Crippen molar-refractivity contribution >= 4 is 29.2 Å². The van der Waals surface area contributed by atoms with E-state index in [2.05, 4.69) is 4.72 Å². The average molecular weight is 240 g/mol. The molecule has 0 atom stereocenters. The first-order valence-electron chi connectivity index (χ1n) is 4.56. The van der Waals surface area contributed by atoms with Crippen LogP contribution in [0.5, 0.6) is 0 Å². The molecular formula is C9H13BN2O3S. The first-order chi connectivity index (χ1) is 7.36. The molecule has 0 saturated carbocycles. The summed E-state index contributed by atoms with van der Waals surface area (Å²) in [5.74, 6) is 0. The molecule has 0 aliphatic heterocycles. The van der Waals surface area contributed by atoms with Gasteiger partial charge in [0.2, 0.25) is 0 Å². The summed E-state index contributed by atoms with van der Waals surface area (Å²) in [6, 6.07) is 4.60. The SMILES string of the molecule is [B]c1ccc(NS(=O)(=O)N(C)C)c(CO)c1. The molecule has 5 nitrogen and oxygen atoms in total. The van der Waals surface area contributed by atoms with Gasteiger partial charge in [0.05, 0.1) is 12.3 Å². The Morgan fingerprint density at radius 1 is 1.44 bits per heavy atom. The molecule has 0 heterocycles. The molecule has 2 radical (unpaired) electrons. The molecule has 1 aromatic rings. The Balaban J connectivity index is 3.07. The molecule has 0 amide bonds. The average Bonchev–Trinajstić information content (AvgIpc) is 2.20. The summed E-state index contributed by atoms with van der Waals surface area (Å²) >= 11 is 0. The second-order valence-electron chi connectivity index (χ2n) is 3.46. The summed E-state index contributed by atoms with van der Waals surface area (Å²) in [5.41, 5.74) is 1.23. The van der Waals surface area contributed by atoms with Crippen LogP contribution in [0.3, 0.4) is 0 Å². The van der Waals surface area contributed by atoms with Crippen LogP contribution >= 0.6 is 0 Å². The maximum atomic E-state index is 11.6. The summed E-state index contributed by atoms with van der Waals surface area (Å²) in [6.07, 6.45) is 0. The maximum absolute atomic E-state index is 11.6. The van der Waals surface area contributed by atoms with Gasteiger partial charge in [0.15, 0.2) is 0 Å². The van der Waals surface area contributed by atoms with E-state index in [1.165, 1.54) is 26.2 Å². The van der Waals surface area contributed by atoms with Crippen LogP contribution in [0.2, 0.25) is 0 Å². The van der Waals surface area contributed by atoms with E-state index < -0.39 is 10.2 Å². The number of aliphatic hydroxyl groups is 1. The lowest BCUT2D eigenvalue weighted by Gasteiger charge is -2.15. The Labute approximate surface area is 96.7 Å². The molecular weight excluding hydrogens is 227 g/mol. The van der Waals surface area contributed by atoms with Crippen LogP contribution in [0.1, 0.15) is 5.56 Å². The second-order valence-corrected chi connectivity index (χ2v) is 5.35. The third-order valence-corrected chi connectivity index (χ3v) is 3.46. The Bertz CT molecular complexity index is 474. The van der Waals surface area contributed by atoms with Crippen LogP contribution in [0.25, 0.3) is 0 Å². The van der Waals surface area contributed by atoms with Gasteiger partial charge < -0.3 is 5.11 Å². The topological polar surface area (TPSA) is 69.6 Å². The van der Waals surface area contributed by atoms with Crippen LogP contribution in [0.4, 0.5) is 5.69 Å². The van der Waals surface area contributed by atoms with Crippen molar-refractivity contribution in [3.05, 3.63) is 23.8 Å². The Hall–Kier alpha value is -1.05. The zero-order chi connectivity index (χ0) is 12.3. The molecule has 0 spiro atoms. The van der Waals surface area contributed by atoms with Gasteiger partial charge in [-0.25, -0.2) is 0 Å². The highest BCUT2D eigenvalue weighted by molar-refractivity contribution is 7.90. The van der Waals surface area contributed by atoms with E-state index in [0.29, 0.717) is 16.7 Å². The van der Waals surface area contributed by atoms with Gasteiger partial charge in [0.1, 0.15) is 7.85 Å². The van der Waals surface area contributed by atoms with Gasteiger partial charge in [-0.05, 0) is 6.07 Å². The number of nitrogens with zero attached hydrogens (tertiary/aromatic N) is 1. The minimum Gasteiger partial charge on any atom is -0.392 e. The van der Waals surface area contributed by atoms with E-state index in [1.807, 2.05) is 0 Å². The zero-order valence-corrected chi connectivity index (χ0v) is 9.95. The first-order valence-corrected chi connectivity index (χ1v) is 6.00.